The molecule has 1 N–H and O–H groups in total. The van der Waals surface area contributed by atoms with Crippen molar-refractivity contribution in [1.82, 2.24) is 14.8 Å². The lowest BCUT2D eigenvalue weighted by atomic mass is 10.2. The smallest absolute Gasteiger partial charge is 0.151 e. The summed E-state index contributed by atoms with van der Waals surface area (Å²) in [6.07, 6.45) is 4.59. The predicted octanol–water partition coefficient (Wildman–Crippen LogP) is 2.25. The fourth-order valence-electron chi connectivity index (χ4n) is 2.16. The van der Waals surface area contributed by atoms with Gasteiger partial charge in [-0.25, -0.2) is 0 Å². The largest absolute Gasteiger partial charge is 0.341 e. The topological polar surface area (TPSA) is 50.7 Å². The van der Waals surface area contributed by atoms with Crippen molar-refractivity contribution in [2.45, 2.75) is 26.8 Å². The van der Waals surface area contributed by atoms with Crippen molar-refractivity contribution in [3.8, 4) is 0 Å². The van der Waals surface area contributed by atoms with Gasteiger partial charge in [0.25, 0.3) is 0 Å². The fourth-order valence-corrected chi connectivity index (χ4v) is 2.16. The lowest BCUT2D eigenvalue weighted by Gasteiger charge is -2.16. The van der Waals surface area contributed by atoms with E-state index in [9.17, 15) is 4.79 Å². The summed E-state index contributed by atoms with van der Waals surface area (Å²) in [6, 6.07) is 2.10. The summed E-state index contributed by atoms with van der Waals surface area (Å²) in [5, 5.41) is 6.75. The van der Waals surface area contributed by atoms with Crippen LogP contribution in [0.4, 0.5) is 0 Å². The van der Waals surface area contributed by atoms with E-state index < -0.39 is 0 Å². The molecule has 0 fully saturated rings. The number of aromatic amines is 1. The molecule has 1 atom stereocenters. The minimum Gasteiger partial charge on any atom is -0.341 e. The summed E-state index contributed by atoms with van der Waals surface area (Å²) >= 11 is 0. The minimum atomic E-state index is 0.187. The van der Waals surface area contributed by atoms with E-state index in [0.29, 0.717) is 0 Å². The number of hydrogen-bond acceptors (Lipinski definition) is 2. The molecule has 0 saturated heterocycles. The van der Waals surface area contributed by atoms with Gasteiger partial charge in [0, 0.05) is 28.7 Å². The molecular formula is C12H15N3O. The fraction of sp³-hybridized carbons (Fsp3) is 0.333. The molecule has 2 aromatic rings. The lowest BCUT2D eigenvalue weighted by molar-refractivity contribution is 0.112. The third-order valence-electron chi connectivity index (χ3n) is 3.04. The molecule has 0 radical (unpaired) electrons. The number of hydrogen-bond donors (Lipinski definition) is 1. The van der Waals surface area contributed by atoms with E-state index in [0.717, 1.165) is 28.8 Å². The van der Waals surface area contributed by atoms with E-state index in [4.69, 9.17) is 0 Å². The third-order valence-corrected chi connectivity index (χ3v) is 3.04. The first kappa shape index (κ1) is 10.7. The molecule has 0 amide bonds. The van der Waals surface area contributed by atoms with E-state index in [1.54, 1.807) is 0 Å². The predicted molar refractivity (Wildman–Crippen MR) is 61.7 cm³/mol. The second-order valence-electron chi connectivity index (χ2n) is 4.02. The summed E-state index contributed by atoms with van der Waals surface area (Å²) in [5.41, 5.74) is 3.96. The van der Waals surface area contributed by atoms with Crippen LogP contribution in [0.5, 0.6) is 0 Å². The third kappa shape index (κ3) is 1.56. The Labute approximate surface area is 94.3 Å². The number of nitrogens with one attached hydrogen (secondary N) is 1. The highest BCUT2D eigenvalue weighted by Crippen LogP contribution is 2.23. The maximum Gasteiger partial charge on any atom is 0.151 e. The van der Waals surface area contributed by atoms with Gasteiger partial charge in [-0.3, -0.25) is 9.89 Å². The van der Waals surface area contributed by atoms with Gasteiger partial charge in [0.1, 0.15) is 0 Å². The monoisotopic (exact) mass is 217 g/mol. The molecule has 2 aromatic heterocycles. The molecule has 2 heterocycles. The Kier molecular flexibility index (Phi) is 2.64. The molecule has 0 aliphatic carbocycles. The van der Waals surface area contributed by atoms with Crippen LogP contribution in [0, 0.1) is 13.8 Å². The van der Waals surface area contributed by atoms with Gasteiger partial charge in [0.2, 0.25) is 0 Å². The van der Waals surface area contributed by atoms with E-state index >= 15 is 0 Å². The summed E-state index contributed by atoms with van der Waals surface area (Å²) < 4.78 is 2.15. The average molecular weight is 217 g/mol. The van der Waals surface area contributed by atoms with Gasteiger partial charge < -0.3 is 4.57 Å². The van der Waals surface area contributed by atoms with Crippen molar-refractivity contribution in [1.29, 1.82) is 0 Å². The number of nitrogens with zero attached hydrogens (tertiary/aromatic N) is 2. The van der Waals surface area contributed by atoms with Crippen molar-refractivity contribution in [3.63, 3.8) is 0 Å². The molecule has 0 saturated carbocycles. The first-order chi connectivity index (χ1) is 7.65. The molecule has 16 heavy (non-hydrogen) atoms. The van der Waals surface area contributed by atoms with Gasteiger partial charge in [-0.2, -0.15) is 5.10 Å². The molecule has 2 rings (SSSR count). The summed E-state index contributed by atoms with van der Waals surface area (Å²) in [5.74, 6) is 0. The lowest BCUT2D eigenvalue weighted by Crippen LogP contribution is -2.09. The van der Waals surface area contributed by atoms with E-state index in [1.807, 2.05) is 32.3 Å². The molecular weight excluding hydrogens is 202 g/mol. The molecule has 1 unspecified atom stereocenters. The van der Waals surface area contributed by atoms with Gasteiger partial charge >= 0.3 is 0 Å². The number of carbonyl (C=O) groups is 1. The van der Waals surface area contributed by atoms with Crippen molar-refractivity contribution >= 4 is 6.29 Å². The number of carbonyl (C=O) groups excluding carboxylic acids is 1. The SMILES string of the molecule is Cc1cc(C=O)c(C)n1C(C)c1cn[nH]c1. The number of aromatic nitrogens is 3. The highest BCUT2D eigenvalue weighted by atomic mass is 16.1. The highest BCUT2D eigenvalue weighted by molar-refractivity contribution is 5.77. The molecule has 4 nitrogen and oxygen atoms in total. The molecule has 0 aliphatic heterocycles. The molecule has 0 aliphatic rings. The molecule has 4 heteroatoms. The van der Waals surface area contributed by atoms with Gasteiger partial charge in [-0.1, -0.05) is 0 Å². The minimum absolute atomic E-state index is 0.187. The average Bonchev–Trinajstić information content (AvgIpc) is 2.86. The number of H-pyrrole nitrogens is 1. The summed E-state index contributed by atoms with van der Waals surface area (Å²) in [7, 11) is 0. The maximum absolute atomic E-state index is 10.9. The van der Waals surface area contributed by atoms with Gasteiger partial charge in [-0.05, 0) is 26.8 Å². The zero-order chi connectivity index (χ0) is 11.7. The Morgan fingerprint density at radius 3 is 2.75 bits per heavy atom. The van der Waals surface area contributed by atoms with Gasteiger partial charge in [0.05, 0.1) is 12.2 Å². The van der Waals surface area contributed by atoms with Crippen LogP contribution in [0.25, 0.3) is 0 Å². The van der Waals surface area contributed by atoms with Crippen molar-refractivity contribution in [2.75, 3.05) is 0 Å². The Hall–Kier alpha value is -1.84. The van der Waals surface area contributed by atoms with Crippen LogP contribution in [-0.2, 0) is 0 Å². The van der Waals surface area contributed by atoms with Gasteiger partial charge in [-0.15, -0.1) is 0 Å². The van der Waals surface area contributed by atoms with Crippen LogP contribution >= 0.6 is 0 Å². The molecule has 0 spiro atoms. The first-order valence-electron chi connectivity index (χ1n) is 5.27. The maximum atomic E-state index is 10.9. The van der Waals surface area contributed by atoms with Crippen LogP contribution in [0.1, 0.15) is 40.3 Å². The zero-order valence-corrected chi connectivity index (χ0v) is 9.69. The van der Waals surface area contributed by atoms with Crippen LogP contribution in [0.3, 0.4) is 0 Å². The van der Waals surface area contributed by atoms with Crippen LogP contribution < -0.4 is 0 Å². The van der Waals surface area contributed by atoms with E-state index in [1.165, 1.54) is 0 Å². The number of aryl methyl sites for hydroxylation is 1. The van der Waals surface area contributed by atoms with Crippen molar-refractivity contribution in [3.05, 3.63) is 41.0 Å². The molecule has 0 bridgehead atoms. The molecule has 0 aromatic carbocycles. The Balaban J connectivity index is 2.48. The summed E-state index contributed by atoms with van der Waals surface area (Å²) in [4.78, 5) is 10.9. The number of aldehydes is 1. The van der Waals surface area contributed by atoms with E-state index in [-0.39, 0.29) is 6.04 Å². The Morgan fingerprint density at radius 2 is 2.25 bits per heavy atom. The zero-order valence-electron chi connectivity index (χ0n) is 9.69. The second kappa shape index (κ2) is 3.96. The quantitative estimate of drug-likeness (QED) is 0.802. The Morgan fingerprint density at radius 1 is 1.50 bits per heavy atom. The Bertz CT molecular complexity index is 497. The standard InChI is InChI=1S/C12H15N3O/c1-8-4-11(7-16)9(2)15(8)10(3)12-5-13-14-6-12/h4-7,10H,1-3H3,(H,13,14). The van der Waals surface area contributed by atoms with Crippen molar-refractivity contribution < 1.29 is 4.79 Å². The highest BCUT2D eigenvalue weighted by Gasteiger charge is 2.15. The van der Waals surface area contributed by atoms with Crippen LogP contribution in [0.15, 0.2) is 18.5 Å². The number of rotatable bonds is 3. The van der Waals surface area contributed by atoms with Crippen LogP contribution in [0.2, 0.25) is 0 Å². The first-order valence-corrected chi connectivity index (χ1v) is 5.27. The van der Waals surface area contributed by atoms with Crippen LogP contribution in [-0.4, -0.2) is 21.1 Å². The summed E-state index contributed by atoms with van der Waals surface area (Å²) in [6.45, 7) is 6.07. The van der Waals surface area contributed by atoms with Crippen molar-refractivity contribution in [2.24, 2.45) is 0 Å². The van der Waals surface area contributed by atoms with E-state index in [2.05, 4.69) is 21.7 Å². The second-order valence-corrected chi connectivity index (χ2v) is 4.02. The van der Waals surface area contributed by atoms with Gasteiger partial charge in [0.15, 0.2) is 6.29 Å². The normalized spacial score (nSPS) is 12.7. The molecule has 84 valence electrons.